The molecule has 0 fully saturated rings. The molecule has 0 aliphatic rings. The van der Waals surface area contributed by atoms with Gasteiger partial charge >= 0.3 is 7.60 Å². The lowest BCUT2D eigenvalue weighted by molar-refractivity contribution is 0.282. The van der Waals surface area contributed by atoms with Gasteiger partial charge in [0.15, 0.2) is 0 Å². The van der Waals surface area contributed by atoms with Gasteiger partial charge in [-0.3, -0.25) is 4.52 Å². The smallest absolute Gasteiger partial charge is 0.380 e. The van der Waals surface area contributed by atoms with E-state index in [1.165, 1.54) is 0 Å². The van der Waals surface area contributed by atoms with Gasteiger partial charge in [-0.05, 0) is 12.1 Å². The Labute approximate surface area is 105 Å². The van der Waals surface area contributed by atoms with Crippen molar-refractivity contribution in [2.75, 3.05) is 24.5 Å². The SMILES string of the molecule is O=P(CCCl)(OCCCl)Oc1ccccc1. The summed E-state index contributed by atoms with van der Waals surface area (Å²) in [7, 11) is -3.17. The summed E-state index contributed by atoms with van der Waals surface area (Å²) in [6.07, 6.45) is 0.167. The van der Waals surface area contributed by atoms with Crippen molar-refractivity contribution in [2.45, 2.75) is 0 Å². The Hall–Kier alpha value is -0.210. The number of halogens is 2. The normalized spacial score (nSPS) is 14.4. The molecule has 16 heavy (non-hydrogen) atoms. The molecule has 6 heteroatoms. The Morgan fingerprint density at radius 1 is 1.12 bits per heavy atom. The minimum Gasteiger partial charge on any atom is -0.424 e. The molecule has 0 N–H and O–H groups in total. The molecular weight excluding hydrogens is 270 g/mol. The third-order valence-corrected chi connectivity index (χ3v) is 4.15. The summed E-state index contributed by atoms with van der Waals surface area (Å²) < 4.78 is 22.6. The van der Waals surface area contributed by atoms with E-state index >= 15 is 0 Å². The van der Waals surface area contributed by atoms with E-state index in [0.29, 0.717) is 5.75 Å². The van der Waals surface area contributed by atoms with Crippen LogP contribution >= 0.6 is 30.8 Å². The van der Waals surface area contributed by atoms with Crippen molar-refractivity contribution in [3.8, 4) is 5.75 Å². The minimum atomic E-state index is -3.17. The van der Waals surface area contributed by atoms with E-state index in [1.54, 1.807) is 24.3 Å². The standard InChI is InChI=1S/C10H13Cl2O3P/c11-6-8-14-16(13,9-7-12)15-10-4-2-1-3-5-10/h1-5H,6-9H2. The van der Waals surface area contributed by atoms with Gasteiger partial charge in [-0.15, -0.1) is 23.2 Å². The molecule has 1 unspecified atom stereocenters. The third kappa shape index (κ3) is 4.75. The summed E-state index contributed by atoms with van der Waals surface area (Å²) in [4.78, 5) is 0. The zero-order valence-electron chi connectivity index (χ0n) is 8.64. The van der Waals surface area contributed by atoms with Gasteiger partial charge in [0.05, 0.1) is 12.8 Å². The maximum atomic E-state index is 12.2. The van der Waals surface area contributed by atoms with Gasteiger partial charge < -0.3 is 4.52 Å². The summed E-state index contributed by atoms with van der Waals surface area (Å²) >= 11 is 11.0. The van der Waals surface area contributed by atoms with Gasteiger partial charge in [-0.1, -0.05) is 18.2 Å². The predicted octanol–water partition coefficient (Wildman–Crippen LogP) is 3.75. The first-order valence-electron chi connectivity index (χ1n) is 4.80. The van der Waals surface area contributed by atoms with Crippen LogP contribution in [-0.4, -0.2) is 24.5 Å². The van der Waals surface area contributed by atoms with Crippen LogP contribution in [-0.2, 0) is 9.09 Å². The number of alkyl halides is 2. The minimum absolute atomic E-state index is 0.167. The summed E-state index contributed by atoms with van der Waals surface area (Å²) in [6.45, 7) is 0.183. The quantitative estimate of drug-likeness (QED) is 0.564. The highest BCUT2D eigenvalue weighted by Gasteiger charge is 2.25. The first-order chi connectivity index (χ1) is 7.70. The zero-order chi connectivity index (χ0) is 11.9. The molecule has 1 atom stereocenters. The topological polar surface area (TPSA) is 35.5 Å². The molecule has 0 aromatic heterocycles. The second-order valence-electron chi connectivity index (χ2n) is 2.95. The number of benzene rings is 1. The van der Waals surface area contributed by atoms with Crippen LogP contribution in [0.2, 0.25) is 0 Å². The van der Waals surface area contributed by atoms with Crippen LogP contribution < -0.4 is 4.52 Å². The summed E-state index contributed by atoms with van der Waals surface area (Å²) in [5.74, 6) is 0.988. The Balaban J connectivity index is 2.67. The molecule has 0 saturated heterocycles. The Morgan fingerprint density at radius 3 is 2.38 bits per heavy atom. The van der Waals surface area contributed by atoms with Gasteiger partial charge in [0.25, 0.3) is 0 Å². The first kappa shape index (κ1) is 13.9. The molecular formula is C10H13Cl2O3P. The number of hydrogen-bond donors (Lipinski definition) is 0. The molecule has 0 radical (unpaired) electrons. The Morgan fingerprint density at radius 2 is 1.81 bits per heavy atom. The Bertz CT molecular complexity index is 345. The van der Waals surface area contributed by atoms with E-state index in [2.05, 4.69) is 0 Å². The molecule has 1 rings (SSSR count). The van der Waals surface area contributed by atoms with Crippen LogP contribution in [0, 0.1) is 0 Å². The van der Waals surface area contributed by atoms with Crippen molar-refractivity contribution in [1.29, 1.82) is 0 Å². The van der Waals surface area contributed by atoms with Crippen molar-refractivity contribution in [3.63, 3.8) is 0 Å². The molecule has 0 aliphatic heterocycles. The third-order valence-electron chi connectivity index (χ3n) is 1.71. The largest absolute Gasteiger partial charge is 0.424 e. The van der Waals surface area contributed by atoms with Gasteiger partial charge in [0, 0.05) is 11.8 Å². The molecule has 3 nitrogen and oxygen atoms in total. The Kier molecular flexibility index (Phi) is 6.22. The monoisotopic (exact) mass is 282 g/mol. The molecule has 0 bridgehead atoms. The van der Waals surface area contributed by atoms with Crippen LogP contribution in [0.15, 0.2) is 30.3 Å². The summed E-state index contributed by atoms with van der Waals surface area (Å²) in [6, 6.07) is 8.86. The maximum Gasteiger partial charge on any atom is 0.380 e. The van der Waals surface area contributed by atoms with E-state index in [0.717, 1.165) is 0 Å². The highest BCUT2D eigenvalue weighted by molar-refractivity contribution is 7.54. The van der Waals surface area contributed by atoms with Crippen molar-refractivity contribution >= 4 is 30.8 Å². The molecule has 90 valence electrons. The fraction of sp³-hybridized carbons (Fsp3) is 0.400. The lowest BCUT2D eigenvalue weighted by Crippen LogP contribution is -2.05. The highest BCUT2D eigenvalue weighted by Crippen LogP contribution is 2.48. The molecule has 1 aromatic rings. The number of hydrogen-bond acceptors (Lipinski definition) is 3. The summed E-state index contributed by atoms with van der Waals surface area (Å²) in [5.41, 5.74) is 0. The van der Waals surface area contributed by atoms with Crippen LogP contribution in [0.4, 0.5) is 0 Å². The lowest BCUT2D eigenvalue weighted by Gasteiger charge is -2.17. The lowest BCUT2D eigenvalue weighted by atomic mass is 10.3. The molecule has 0 heterocycles. The second kappa shape index (κ2) is 7.18. The van der Waals surface area contributed by atoms with Crippen LogP contribution in [0.5, 0.6) is 5.75 Å². The fourth-order valence-corrected chi connectivity index (χ4v) is 3.15. The van der Waals surface area contributed by atoms with Crippen LogP contribution in [0.25, 0.3) is 0 Å². The van der Waals surface area contributed by atoms with Crippen molar-refractivity contribution in [2.24, 2.45) is 0 Å². The molecule has 0 aliphatic carbocycles. The van der Waals surface area contributed by atoms with E-state index < -0.39 is 7.60 Å². The van der Waals surface area contributed by atoms with Gasteiger partial charge in [-0.25, -0.2) is 4.57 Å². The van der Waals surface area contributed by atoms with E-state index in [1.807, 2.05) is 6.07 Å². The van der Waals surface area contributed by atoms with Crippen LogP contribution in [0.1, 0.15) is 0 Å². The average molecular weight is 283 g/mol. The predicted molar refractivity (Wildman–Crippen MR) is 66.9 cm³/mol. The fourth-order valence-electron chi connectivity index (χ4n) is 1.06. The highest BCUT2D eigenvalue weighted by atomic mass is 35.5. The second-order valence-corrected chi connectivity index (χ2v) is 5.82. The van der Waals surface area contributed by atoms with Crippen molar-refractivity contribution in [3.05, 3.63) is 30.3 Å². The van der Waals surface area contributed by atoms with E-state index in [4.69, 9.17) is 32.2 Å². The molecule has 0 saturated carbocycles. The molecule has 0 spiro atoms. The first-order valence-corrected chi connectivity index (χ1v) is 7.60. The van der Waals surface area contributed by atoms with Gasteiger partial charge in [0.1, 0.15) is 5.75 Å². The number of rotatable bonds is 7. The maximum absolute atomic E-state index is 12.2. The number of para-hydroxylation sites is 1. The van der Waals surface area contributed by atoms with E-state index in [-0.39, 0.29) is 24.5 Å². The average Bonchev–Trinajstić information content (AvgIpc) is 2.28. The zero-order valence-corrected chi connectivity index (χ0v) is 11.0. The van der Waals surface area contributed by atoms with Crippen molar-refractivity contribution in [1.82, 2.24) is 0 Å². The molecule has 1 aromatic carbocycles. The van der Waals surface area contributed by atoms with Gasteiger partial charge in [0.2, 0.25) is 0 Å². The summed E-state index contributed by atoms with van der Waals surface area (Å²) in [5, 5.41) is 0. The van der Waals surface area contributed by atoms with Crippen molar-refractivity contribution < 1.29 is 13.6 Å². The molecule has 0 amide bonds. The van der Waals surface area contributed by atoms with Crippen LogP contribution in [0.3, 0.4) is 0 Å². The van der Waals surface area contributed by atoms with E-state index in [9.17, 15) is 4.57 Å². The van der Waals surface area contributed by atoms with Gasteiger partial charge in [-0.2, -0.15) is 0 Å².